The molecule has 0 heterocycles. The summed E-state index contributed by atoms with van der Waals surface area (Å²) in [6.07, 6.45) is 0. The van der Waals surface area contributed by atoms with Crippen molar-refractivity contribution < 1.29 is 0 Å². The third-order valence-electron chi connectivity index (χ3n) is 10.6. The smallest absolute Gasteiger partial charge is 0.00262 e. The maximum Gasteiger partial charge on any atom is -0.00262 e. The molecule has 0 heteroatoms. The fourth-order valence-corrected chi connectivity index (χ4v) is 8.22. The summed E-state index contributed by atoms with van der Waals surface area (Å²) in [7, 11) is 0. The van der Waals surface area contributed by atoms with Gasteiger partial charge in [-0.3, -0.25) is 0 Å². The van der Waals surface area contributed by atoms with Gasteiger partial charge in [0.2, 0.25) is 0 Å². The van der Waals surface area contributed by atoms with Crippen LogP contribution in [0.15, 0.2) is 206 Å². The molecular formula is C52H34. The second kappa shape index (κ2) is 12.5. The van der Waals surface area contributed by atoms with Crippen LogP contribution in [0.1, 0.15) is 0 Å². The van der Waals surface area contributed by atoms with E-state index in [0.717, 1.165) is 0 Å². The van der Waals surface area contributed by atoms with Crippen LogP contribution in [0.2, 0.25) is 0 Å². The van der Waals surface area contributed by atoms with Gasteiger partial charge in [0, 0.05) is 0 Å². The Balaban J connectivity index is 1.16. The van der Waals surface area contributed by atoms with Crippen molar-refractivity contribution in [3.8, 4) is 55.6 Å². The van der Waals surface area contributed by atoms with Gasteiger partial charge in [0.1, 0.15) is 0 Å². The minimum atomic E-state index is 1.21. The first-order chi connectivity index (χ1) is 25.8. The summed E-state index contributed by atoms with van der Waals surface area (Å²) in [4.78, 5) is 0. The molecule has 0 aliphatic carbocycles. The van der Waals surface area contributed by atoms with E-state index in [-0.39, 0.29) is 0 Å². The van der Waals surface area contributed by atoms with Gasteiger partial charge in [-0.15, -0.1) is 0 Å². The Hall–Kier alpha value is -6.76. The highest BCUT2D eigenvalue weighted by Crippen LogP contribution is 2.45. The molecule has 52 heavy (non-hydrogen) atoms. The van der Waals surface area contributed by atoms with E-state index in [1.54, 1.807) is 0 Å². The van der Waals surface area contributed by atoms with E-state index in [9.17, 15) is 0 Å². The average Bonchev–Trinajstić information content (AvgIpc) is 3.22. The first kappa shape index (κ1) is 30.1. The summed E-state index contributed by atoms with van der Waals surface area (Å²) in [5.74, 6) is 0. The van der Waals surface area contributed by atoms with Gasteiger partial charge in [0.15, 0.2) is 0 Å². The molecule has 0 amide bonds. The van der Waals surface area contributed by atoms with Crippen molar-refractivity contribution in [2.75, 3.05) is 0 Å². The lowest BCUT2D eigenvalue weighted by atomic mass is 9.84. The summed E-state index contributed by atoms with van der Waals surface area (Å²) >= 11 is 0. The van der Waals surface area contributed by atoms with Crippen molar-refractivity contribution in [3.05, 3.63) is 206 Å². The number of benzene rings is 10. The SMILES string of the molecule is c1ccc(-c2cc3ccccc3cc2-c2cccc(-c3c4ccccc4c(-c4ccc(-c5cccc6ccccc56)cc4)c4ccccc34)c2)cc1. The van der Waals surface area contributed by atoms with Gasteiger partial charge < -0.3 is 0 Å². The fraction of sp³-hybridized carbons (Fsp3) is 0. The summed E-state index contributed by atoms with van der Waals surface area (Å²) in [6.45, 7) is 0. The van der Waals surface area contributed by atoms with Crippen LogP contribution in [0.5, 0.6) is 0 Å². The van der Waals surface area contributed by atoms with Crippen LogP contribution in [-0.2, 0) is 0 Å². The van der Waals surface area contributed by atoms with E-state index < -0.39 is 0 Å². The van der Waals surface area contributed by atoms with Crippen molar-refractivity contribution in [3.63, 3.8) is 0 Å². The van der Waals surface area contributed by atoms with Crippen molar-refractivity contribution in [1.29, 1.82) is 0 Å². The topological polar surface area (TPSA) is 0 Å². The van der Waals surface area contributed by atoms with Gasteiger partial charge in [-0.05, 0) is 117 Å². The predicted molar refractivity (Wildman–Crippen MR) is 224 cm³/mol. The van der Waals surface area contributed by atoms with E-state index in [0.29, 0.717) is 0 Å². The summed E-state index contributed by atoms with van der Waals surface area (Å²) in [6, 6.07) is 75.5. The summed E-state index contributed by atoms with van der Waals surface area (Å²) < 4.78 is 0. The molecule has 0 saturated heterocycles. The highest BCUT2D eigenvalue weighted by atomic mass is 14.2. The van der Waals surface area contributed by atoms with Crippen LogP contribution in [0.4, 0.5) is 0 Å². The van der Waals surface area contributed by atoms with Crippen LogP contribution < -0.4 is 0 Å². The molecule has 0 N–H and O–H groups in total. The van der Waals surface area contributed by atoms with Gasteiger partial charge in [-0.25, -0.2) is 0 Å². The maximum absolute atomic E-state index is 2.39. The van der Waals surface area contributed by atoms with E-state index in [1.807, 2.05) is 0 Å². The van der Waals surface area contributed by atoms with Crippen molar-refractivity contribution >= 4 is 43.1 Å². The third kappa shape index (κ3) is 5.08. The molecule has 0 fully saturated rings. The van der Waals surface area contributed by atoms with Crippen LogP contribution >= 0.6 is 0 Å². The van der Waals surface area contributed by atoms with Crippen LogP contribution in [0, 0.1) is 0 Å². The van der Waals surface area contributed by atoms with Gasteiger partial charge in [0.05, 0.1) is 0 Å². The molecule has 0 bridgehead atoms. The number of hydrogen-bond donors (Lipinski definition) is 0. The van der Waals surface area contributed by atoms with E-state index in [2.05, 4.69) is 206 Å². The Bertz CT molecular complexity index is 2870. The molecule has 10 rings (SSSR count). The van der Waals surface area contributed by atoms with E-state index in [4.69, 9.17) is 0 Å². The quantitative estimate of drug-likeness (QED) is 0.161. The monoisotopic (exact) mass is 658 g/mol. The number of fused-ring (bicyclic) bond motifs is 4. The largest absolute Gasteiger partial charge is 0.0622 e. The minimum Gasteiger partial charge on any atom is -0.0622 e. The second-order valence-electron chi connectivity index (χ2n) is 13.6. The Morgan fingerprint density at radius 1 is 0.192 bits per heavy atom. The van der Waals surface area contributed by atoms with Gasteiger partial charge in [-0.2, -0.15) is 0 Å². The molecule has 242 valence electrons. The molecule has 0 aliphatic heterocycles. The minimum absolute atomic E-state index is 1.21. The lowest BCUT2D eigenvalue weighted by molar-refractivity contribution is 1.60. The zero-order chi connectivity index (χ0) is 34.4. The molecule has 0 radical (unpaired) electrons. The molecule has 0 aromatic heterocycles. The normalized spacial score (nSPS) is 11.5. The Kier molecular flexibility index (Phi) is 7.25. The molecule has 0 nitrogen and oxygen atoms in total. The molecule has 10 aromatic carbocycles. The van der Waals surface area contributed by atoms with Gasteiger partial charge in [-0.1, -0.05) is 188 Å². The Morgan fingerprint density at radius 2 is 0.596 bits per heavy atom. The zero-order valence-corrected chi connectivity index (χ0v) is 28.6. The fourth-order valence-electron chi connectivity index (χ4n) is 8.22. The Morgan fingerprint density at radius 3 is 1.23 bits per heavy atom. The first-order valence-electron chi connectivity index (χ1n) is 18.0. The van der Waals surface area contributed by atoms with Crippen molar-refractivity contribution in [2.24, 2.45) is 0 Å². The van der Waals surface area contributed by atoms with E-state index in [1.165, 1.54) is 98.7 Å². The first-order valence-corrected chi connectivity index (χ1v) is 18.0. The van der Waals surface area contributed by atoms with Crippen LogP contribution in [0.3, 0.4) is 0 Å². The second-order valence-corrected chi connectivity index (χ2v) is 13.6. The molecular weight excluding hydrogens is 625 g/mol. The summed E-state index contributed by atoms with van der Waals surface area (Å²) in [5, 5.41) is 10.1. The summed E-state index contributed by atoms with van der Waals surface area (Å²) in [5.41, 5.74) is 12.4. The van der Waals surface area contributed by atoms with Crippen molar-refractivity contribution in [1.82, 2.24) is 0 Å². The molecule has 10 aromatic rings. The van der Waals surface area contributed by atoms with Crippen LogP contribution in [0.25, 0.3) is 98.7 Å². The zero-order valence-electron chi connectivity index (χ0n) is 28.6. The van der Waals surface area contributed by atoms with Gasteiger partial charge in [0.25, 0.3) is 0 Å². The van der Waals surface area contributed by atoms with E-state index >= 15 is 0 Å². The molecule has 0 unspecified atom stereocenters. The lowest BCUT2D eigenvalue weighted by Gasteiger charge is -2.19. The van der Waals surface area contributed by atoms with Gasteiger partial charge >= 0.3 is 0 Å². The molecule has 0 atom stereocenters. The van der Waals surface area contributed by atoms with Crippen molar-refractivity contribution in [2.45, 2.75) is 0 Å². The predicted octanol–water partition coefficient (Wildman–Crippen LogP) is 14.6. The van der Waals surface area contributed by atoms with Crippen LogP contribution in [-0.4, -0.2) is 0 Å². The number of rotatable bonds is 5. The standard InChI is InChI=1S/C52H34/c1-2-14-36(15-3-1)49-33-39-17-4-5-18-40(39)34-50(49)41-20-12-21-42(32-41)52-47-25-10-8-23-45(47)51(46-24-9-11-26-48(46)52)38-30-28-37(29-31-38)44-27-13-19-35-16-6-7-22-43(35)44/h1-34H. The maximum atomic E-state index is 2.39. The molecule has 0 spiro atoms. The highest BCUT2D eigenvalue weighted by molar-refractivity contribution is 6.21. The third-order valence-corrected chi connectivity index (χ3v) is 10.6. The lowest BCUT2D eigenvalue weighted by Crippen LogP contribution is -1.92. The average molecular weight is 659 g/mol. The number of hydrogen-bond acceptors (Lipinski definition) is 0. The molecule has 0 aliphatic rings. The Labute approximate surface area is 303 Å². The highest BCUT2D eigenvalue weighted by Gasteiger charge is 2.18. The molecule has 0 saturated carbocycles.